The third kappa shape index (κ3) is 7.72. The van der Waals surface area contributed by atoms with Crippen molar-refractivity contribution in [3.05, 3.63) is 188 Å². The molecular formula is C54H34N4O12. The van der Waals surface area contributed by atoms with Crippen molar-refractivity contribution in [2.75, 3.05) is 11.1 Å². The lowest BCUT2D eigenvalue weighted by Gasteiger charge is -2.19. The number of amides is 2. The smallest absolute Gasteiger partial charge is 0.336 e. The monoisotopic (exact) mass is 930 g/mol. The van der Waals surface area contributed by atoms with E-state index in [4.69, 9.17) is 20.0 Å². The quantitative estimate of drug-likeness (QED) is 0.0469. The van der Waals surface area contributed by atoms with E-state index in [1.165, 1.54) is 66.7 Å². The molecule has 0 bridgehead atoms. The van der Waals surface area contributed by atoms with Crippen LogP contribution in [0.5, 0.6) is 5.75 Å². The van der Waals surface area contributed by atoms with Crippen LogP contribution in [0, 0.1) is 5.41 Å². The van der Waals surface area contributed by atoms with Gasteiger partial charge >= 0.3 is 17.9 Å². The molecule has 0 atom stereocenters. The van der Waals surface area contributed by atoms with Gasteiger partial charge in [0.15, 0.2) is 5.43 Å². The highest BCUT2D eigenvalue weighted by molar-refractivity contribution is 6.14. The van der Waals surface area contributed by atoms with Gasteiger partial charge in [-0.2, -0.15) is 0 Å². The summed E-state index contributed by atoms with van der Waals surface area (Å²) in [6.07, 6.45) is 0. The number of rotatable bonds is 10. The largest absolute Gasteiger partial charge is 0.508 e. The number of anilines is 2. The molecule has 0 unspecified atom stereocenters. The first-order valence-electron chi connectivity index (χ1n) is 21.3. The topological polar surface area (TPSA) is 284 Å². The van der Waals surface area contributed by atoms with Crippen LogP contribution in [0.2, 0.25) is 0 Å². The molecule has 2 amide bonds. The zero-order chi connectivity index (χ0) is 49.1. The number of phenolic OH excluding ortho intramolecular Hbond substituents is 1. The Morgan fingerprint density at radius 2 is 1.19 bits per heavy atom. The van der Waals surface area contributed by atoms with Crippen LogP contribution in [0.1, 0.15) is 57.4 Å². The predicted molar refractivity (Wildman–Crippen MR) is 259 cm³/mol. The molecule has 0 radical (unpaired) electrons. The molecule has 342 valence electrons. The number of phenols is 1. The lowest BCUT2D eigenvalue weighted by molar-refractivity contribution is 0.0682. The van der Waals surface area contributed by atoms with Crippen molar-refractivity contribution in [1.29, 1.82) is 5.41 Å². The number of fused-ring (bicyclic) bond motifs is 5. The molecule has 0 fully saturated rings. The van der Waals surface area contributed by atoms with Crippen molar-refractivity contribution < 1.29 is 53.2 Å². The lowest BCUT2D eigenvalue weighted by atomic mass is 9.88. The Hall–Kier alpha value is -10.1. The van der Waals surface area contributed by atoms with Crippen LogP contribution in [0.25, 0.3) is 77.6 Å². The van der Waals surface area contributed by atoms with E-state index >= 15 is 0 Å². The molecule has 6 aromatic carbocycles. The second kappa shape index (κ2) is 17.0. The van der Waals surface area contributed by atoms with Crippen LogP contribution >= 0.6 is 0 Å². The summed E-state index contributed by atoms with van der Waals surface area (Å²) in [5, 5.41) is 56.6. The van der Waals surface area contributed by atoms with Gasteiger partial charge in [-0.25, -0.2) is 14.4 Å². The molecule has 9 N–H and O–H groups in total. The second-order valence-corrected chi connectivity index (χ2v) is 16.3. The van der Waals surface area contributed by atoms with E-state index < -0.39 is 35.2 Å². The summed E-state index contributed by atoms with van der Waals surface area (Å²) >= 11 is 0. The molecule has 0 saturated carbocycles. The molecule has 16 nitrogen and oxygen atoms in total. The third-order valence-electron chi connectivity index (χ3n) is 12.0. The fourth-order valence-corrected chi connectivity index (χ4v) is 8.79. The van der Waals surface area contributed by atoms with E-state index in [1.54, 1.807) is 66.7 Å². The maximum absolute atomic E-state index is 13.9. The number of carbonyl (C=O) groups excluding carboxylic acids is 2. The molecule has 0 aromatic heterocycles. The molecular weight excluding hydrogens is 897 g/mol. The van der Waals surface area contributed by atoms with Gasteiger partial charge in [0.05, 0.1) is 34.2 Å². The van der Waals surface area contributed by atoms with Gasteiger partial charge in [0.25, 0.3) is 11.8 Å². The molecule has 0 spiro atoms. The summed E-state index contributed by atoms with van der Waals surface area (Å²) in [6, 6.07) is 34.4. The second-order valence-electron chi connectivity index (χ2n) is 16.3. The van der Waals surface area contributed by atoms with Crippen LogP contribution < -0.4 is 27.2 Å². The Labute approximate surface area is 393 Å². The van der Waals surface area contributed by atoms with Gasteiger partial charge in [-0.1, -0.05) is 30.3 Å². The standard InChI is InChI=1S/C54H34N4O12/c55-29-7-13-35-44(21-29)69-45-22-30(56)8-14-36(45)47(35)33-11-5-27(19-39(33)53(65)66)51(62)58-42-3-1-2-25-18-26(4-10-32(25)42)50(61)57-24-41-43(60)17-16-38-48(37-15-9-31(59)23-46(37)70-49(38)41)34-12-6-28(52(63)64)20-40(34)54(67)68/h1-23,55,59H,24,56H2,(H,57,61)(H,58,62)(H,63,64)(H,65,66)(H,67,68). The summed E-state index contributed by atoms with van der Waals surface area (Å²) in [7, 11) is 0. The number of nitrogens with one attached hydrogen (secondary N) is 3. The Kier molecular flexibility index (Phi) is 10.6. The number of benzene rings is 8. The van der Waals surface area contributed by atoms with Gasteiger partial charge in [0.1, 0.15) is 28.4 Å². The van der Waals surface area contributed by atoms with Crippen LogP contribution in [0.4, 0.5) is 11.4 Å². The summed E-state index contributed by atoms with van der Waals surface area (Å²) in [5.74, 6) is -5.05. The fraction of sp³-hybridized carbons (Fsp3) is 0.0185. The molecule has 0 saturated heterocycles. The van der Waals surface area contributed by atoms with Gasteiger partial charge in [-0.15, -0.1) is 0 Å². The molecule has 16 heteroatoms. The van der Waals surface area contributed by atoms with Gasteiger partial charge in [-0.3, -0.25) is 14.4 Å². The number of hydrogen-bond donors (Lipinski definition) is 8. The maximum atomic E-state index is 13.9. The first-order valence-corrected chi connectivity index (χ1v) is 21.3. The van der Waals surface area contributed by atoms with Gasteiger partial charge in [0.2, 0.25) is 0 Å². The van der Waals surface area contributed by atoms with Gasteiger partial charge in [0, 0.05) is 79.1 Å². The van der Waals surface area contributed by atoms with Crippen LogP contribution in [-0.4, -0.2) is 50.1 Å². The highest BCUT2D eigenvalue weighted by atomic mass is 16.4. The van der Waals surface area contributed by atoms with E-state index in [9.17, 15) is 49.2 Å². The fourth-order valence-electron chi connectivity index (χ4n) is 8.79. The number of carboxylic acid groups (broad SMARTS) is 3. The summed E-state index contributed by atoms with van der Waals surface area (Å²) in [6.45, 7) is -0.343. The zero-order valence-electron chi connectivity index (χ0n) is 36.1. The van der Waals surface area contributed by atoms with Crippen molar-refractivity contribution in [3.8, 4) is 50.7 Å². The van der Waals surface area contributed by atoms with Crippen LogP contribution in [0.15, 0.2) is 153 Å². The van der Waals surface area contributed by atoms with E-state index in [-0.39, 0.29) is 79.1 Å². The molecule has 6 aromatic rings. The lowest BCUT2D eigenvalue weighted by Crippen LogP contribution is -2.26. The molecule has 70 heavy (non-hydrogen) atoms. The molecule has 10 rings (SSSR count). The number of carbonyl (C=O) groups is 5. The first-order chi connectivity index (χ1) is 33.6. The van der Waals surface area contributed by atoms with E-state index in [1.807, 2.05) is 0 Å². The first kappa shape index (κ1) is 43.8. The predicted octanol–water partition coefficient (Wildman–Crippen LogP) is 9.28. The highest BCUT2D eigenvalue weighted by Crippen LogP contribution is 2.44. The Morgan fingerprint density at radius 1 is 0.571 bits per heavy atom. The minimum atomic E-state index is -1.40. The van der Waals surface area contributed by atoms with Crippen molar-refractivity contribution in [3.63, 3.8) is 0 Å². The number of aromatic carboxylic acids is 3. The zero-order valence-corrected chi connectivity index (χ0v) is 36.1. The minimum absolute atomic E-state index is 0.00412. The number of carboxylic acids is 3. The van der Waals surface area contributed by atoms with Crippen LogP contribution in [0.3, 0.4) is 0 Å². The molecule has 2 aliphatic carbocycles. The van der Waals surface area contributed by atoms with Crippen molar-refractivity contribution in [1.82, 2.24) is 5.32 Å². The normalized spacial score (nSPS) is 11.3. The average molecular weight is 931 g/mol. The maximum Gasteiger partial charge on any atom is 0.336 e. The van der Waals surface area contributed by atoms with E-state index in [0.29, 0.717) is 61.0 Å². The SMILES string of the molecule is N=c1ccc2c(-c3ccc(C(=O)Nc4cccc5cc(C(=O)NCc6c7oc8cc(O)ccc8c(-c8ccc(C(=O)O)cc8C(=O)O)c-7ccc6=O)ccc45)cc3C(=O)O)c3ccc(N)cc3oc-2c1. The third-order valence-corrected chi connectivity index (χ3v) is 12.0. The minimum Gasteiger partial charge on any atom is -0.508 e. The van der Waals surface area contributed by atoms with E-state index in [2.05, 4.69) is 10.6 Å². The number of aromatic hydroxyl groups is 1. The number of nitrogens with two attached hydrogens (primary N) is 1. The van der Waals surface area contributed by atoms with Gasteiger partial charge in [-0.05, 0) is 108 Å². The Bertz CT molecular complexity index is 3990. The Morgan fingerprint density at radius 3 is 1.91 bits per heavy atom. The summed E-state index contributed by atoms with van der Waals surface area (Å²) in [4.78, 5) is 78.2. The number of nitrogen functional groups attached to an aromatic ring is 1. The van der Waals surface area contributed by atoms with Crippen molar-refractivity contribution in [2.45, 2.75) is 6.54 Å². The van der Waals surface area contributed by atoms with Crippen LogP contribution in [-0.2, 0) is 6.54 Å². The van der Waals surface area contributed by atoms with Gasteiger partial charge < -0.3 is 51.0 Å². The molecule has 4 aliphatic rings. The summed E-state index contributed by atoms with van der Waals surface area (Å²) < 4.78 is 12.3. The molecule has 2 heterocycles. The summed E-state index contributed by atoms with van der Waals surface area (Å²) in [5.41, 5.74) is 8.39. The molecule has 2 aliphatic heterocycles. The van der Waals surface area contributed by atoms with Crippen molar-refractivity contribution in [2.24, 2.45) is 0 Å². The number of hydrogen-bond acceptors (Lipinski definition) is 11. The Balaban J connectivity index is 0.935. The van der Waals surface area contributed by atoms with Crippen molar-refractivity contribution >= 4 is 73.8 Å². The highest BCUT2D eigenvalue weighted by Gasteiger charge is 2.27. The average Bonchev–Trinajstić information content (AvgIpc) is 3.33. The van der Waals surface area contributed by atoms with E-state index in [0.717, 1.165) is 6.07 Å².